The van der Waals surface area contributed by atoms with Gasteiger partial charge in [-0.15, -0.1) is 10.2 Å². The first kappa shape index (κ1) is 17.5. The summed E-state index contributed by atoms with van der Waals surface area (Å²) in [7, 11) is 0. The Morgan fingerprint density at radius 3 is 2.88 bits per heavy atom. The van der Waals surface area contributed by atoms with Crippen molar-refractivity contribution in [2.24, 2.45) is 0 Å². The number of rotatable bonds is 7. The van der Waals surface area contributed by atoms with Gasteiger partial charge in [0.1, 0.15) is 5.82 Å². The van der Waals surface area contributed by atoms with E-state index in [9.17, 15) is 9.18 Å². The molecule has 1 amide bonds. The van der Waals surface area contributed by atoms with Crippen LogP contribution in [0.4, 0.5) is 9.52 Å². The quantitative estimate of drug-likeness (QED) is 0.496. The van der Waals surface area contributed by atoms with Crippen LogP contribution in [-0.4, -0.2) is 32.0 Å². The summed E-state index contributed by atoms with van der Waals surface area (Å²) >= 11 is 2.91. The zero-order chi connectivity index (χ0) is 17.6. The largest absolute Gasteiger partial charge is 0.339 e. The number of halogens is 1. The van der Waals surface area contributed by atoms with E-state index >= 15 is 0 Å². The molecule has 25 heavy (non-hydrogen) atoms. The number of carbonyl (C=O) groups is 1. The molecule has 7 nitrogen and oxygen atoms in total. The Bertz CT molecular complexity index is 850. The molecule has 1 N–H and O–H groups in total. The summed E-state index contributed by atoms with van der Waals surface area (Å²) in [4.78, 5) is 16.2. The van der Waals surface area contributed by atoms with E-state index < -0.39 is 0 Å². The number of aromatic nitrogens is 4. The molecule has 0 saturated heterocycles. The van der Waals surface area contributed by atoms with E-state index in [1.807, 2.05) is 6.92 Å². The maximum atomic E-state index is 12.9. The second-order valence-corrected chi connectivity index (χ2v) is 7.36. The second-order valence-electron chi connectivity index (χ2n) is 4.87. The third-order valence-corrected chi connectivity index (χ3v) is 4.91. The summed E-state index contributed by atoms with van der Waals surface area (Å²) in [5, 5.41) is 14.9. The third-order valence-electron chi connectivity index (χ3n) is 3.06. The maximum absolute atomic E-state index is 12.9. The standard InChI is InChI=1S/C15H14FN5O2S2/c1-2-24-15-20-19-14(25-15)17-11(22)7-8-12-18-13(21-23-12)9-3-5-10(16)6-4-9/h3-6H,2,7-8H2,1H3,(H,17,19,22). The average molecular weight is 379 g/mol. The minimum atomic E-state index is -0.332. The minimum Gasteiger partial charge on any atom is -0.339 e. The van der Waals surface area contributed by atoms with E-state index in [-0.39, 0.29) is 18.1 Å². The molecule has 10 heteroatoms. The number of hydrogen-bond acceptors (Lipinski definition) is 8. The number of thioether (sulfide) groups is 1. The molecule has 0 saturated carbocycles. The smallest absolute Gasteiger partial charge is 0.227 e. The fourth-order valence-corrected chi connectivity index (χ4v) is 3.58. The van der Waals surface area contributed by atoms with Crippen LogP contribution in [-0.2, 0) is 11.2 Å². The molecule has 0 spiro atoms. The van der Waals surface area contributed by atoms with Gasteiger partial charge >= 0.3 is 0 Å². The lowest BCUT2D eigenvalue weighted by molar-refractivity contribution is -0.116. The number of nitrogens with zero attached hydrogens (tertiary/aromatic N) is 4. The van der Waals surface area contributed by atoms with Crippen LogP contribution < -0.4 is 5.32 Å². The molecular weight excluding hydrogens is 365 g/mol. The fraction of sp³-hybridized carbons (Fsp3) is 0.267. The van der Waals surface area contributed by atoms with E-state index in [2.05, 4.69) is 25.7 Å². The number of nitrogens with one attached hydrogen (secondary N) is 1. The van der Waals surface area contributed by atoms with Gasteiger partial charge in [0.2, 0.25) is 22.8 Å². The van der Waals surface area contributed by atoms with Crippen molar-refractivity contribution < 1.29 is 13.7 Å². The fourth-order valence-electron chi connectivity index (χ4n) is 1.92. The van der Waals surface area contributed by atoms with Crippen molar-refractivity contribution in [2.75, 3.05) is 11.1 Å². The average Bonchev–Trinajstić information content (AvgIpc) is 3.24. The van der Waals surface area contributed by atoms with Crippen molar-refractivity contribution in [3.63, 3.8) is 0 Å². The summed E-state index contributed by atoms with van der Waals surface area (Å²) in [5.41, 5.74) is 0.649. The Morgan fingerprint density at radius 1 is 1.32 bits per heavy atom. The Hall–Kier alpha value is -2.33. The lowest BCUT2D eigenvalue weighted by Gasteiger charge is -1.98. The third kappa shape index (κ3) is 4.83. The molecule has 0 aliphatic carbocycles. The van der Waals surface area contributed by atoms with Crippen molar-refractivity contribution >= 4 is 34.1 Å². The van der Waals surface area contributed by atoms with Crippen LogP contribution in [0.3, 0.4) is 0 Å². The number of hydrogen-bond donors (Lipinski definition) is 1. The predicted octanol–water partition coefficient (Wildman–Crippen LogP) is 3.41. The number of benzene rings is 1. The van der Waals surface area contributed by atoms with E-state index in [4.69, 9.17) is 4.52 Å². The SMILES string of the molecule is CCSc1nnc(NC(=O)CCc2nc(-c3ccc(F)cc3)no2)s1. The van der Waals surface area contributed by atoms with Gasteiger partial charge in [-0.2, -0.15) is 4.98 Å². The van der Waals surface area contributed by atoms with E-state index in [1.165, 1.54) is 23.5 Å². The van der Waals surface area contributed by atoms with Crippen LogP contribution in [0, 0.1) is 5.82 Å². The van der Waals surface area contributed by atoms with Crippen LogP contribution >= 0.6 is 23.1 Å². The van der Waals surface area contributed by atoms with Crippen LogP contribution in [0.15, 0.2) is 33.1 Å². The van der Waals surface area contributed by atoms with E-state index in [0.29, 0.717) is 28.8 Å². The Balaban J connectivity index is 1.52. The molecule has 0 bridgehead atoms. The van der Waals surface area contributed by atoms with Crippen molar-refractivity contribution in [2.45, 2.75) is 24.1 Å². The van der Waals surface area contributed by atoms with Crippen molar-refractivity contribution in [1.82, 2.24) is 20.3 Å². The van der Waals surface area contributed by atoms with Crippen LogP contribution in [0.2, 0.25) is 0 Å². The van der Waals surface area contributed by atoms with Gasteiger partial charge in [0.15, 0.2) is 4.34 Å². The molecule has 0 aliphatic heterocycles. The molecule has 0 aliphatic rings. The number of anilines is 1. The first-order valence-electron chi connectivity index (χ1n) is 7.48. The Kier molecular flexibility index (Phi) is 5.71. The highest BCUT2D eigenvalue weighted by atomic mass is 32.2. The van der Waals surface area contributed by atoms with Crippen LogP contribution in [0.25, 0.3) is 11.4 Å². The van der Waals surface area contributed by atoms with Gasteiger partial charge in [-0.3, -0.25) is 4.79 Å². The van der Waals surface area contributed by atoms with Crippen molar-refractivity contribution in [3.8, 4) is 11.4 Å². The van der Waals surface area contributed by atoms with Gasteiger partial charge in [0.05, 0.1) is 0 Å². The van der Waals surface area contributed by atoms with E-state index in [0.717, 1.165) is 10.1 Å². The molecule has 3 aromatic rings. The van der Waals surface area contributed by atoms with Crippen LogP contribution in [0.1, 0.15) is 19.2 Å². The summed E-state index contributed by atoms with van der Waals surface area (Å²) in [6.45, 7) is 2.02. The monoisotopic (exact) mass is 379 g/mol. The highest BCUT2D eigenvalue weighted by Crippen LogP contribution is 2.25. The lowest BCUT2D eigenvalue weighted by Crippen LogP contribution is -2.12. The molecule has 2 aromatic heterocycles. The van der Waals surface area contributed by atoms with Gasteiger partial charge in [-0.1, -0.05) is 35.2 Å². The number of amides is 1. The Labute approximate surface area is 151 Å². The zero-order valence-corrected chi connectivity index (χ0v) is 14.9. The molecular formula is C15H14FN5O2S2. The summed E-state index contributed by atoms with van der Waals surface area (Å²) in [6, 6.07) is 5.79. The van der Waals surface area contributed by atoms with Gasteiger partial charge in [-0.25, -0.2) is 4.39 Å². The summed E-state index contributed by atoms with van der Waals surface area (Å²) < 4.78 is 18.9. The molecule has 0 fully saturated rings. The second kappa shape index (κ2) is 8.17. The molecule has 0 atom stereocenters. The van der Waals surface area contributed by atoms with Crippen molar-refractivity contribution in [1.29, 1.82) is 0 Å². The van der Waals surface area contributed by atoms with E-state index in [1.54, 1.807) is 23.9 Å². The minimum absolute atomic E-state index is 0.181. The molecule has 0 unspecified atom stereocenters. The summed E-state index contributed by atoms with van der Waals surface area (Å²) in [5.74, 6) is 1.07. The highest BCUT2D eigenvalue weighted by Gasteiger charge is 2.12. The topological polar surface area (TPSA) is 93.8 Å². The first-order valence-corrected chi connectivity index (χ1v) is 9.29. The van der Waals surface area contributed by atoms with Gasteiger partial charge in [0, 0.05) is 18.4 Å². The normalized spacial score (nSPS) is 10.8. The lowest BCUT2D eigenvalue weighted by atomic mass is 10.2. The molecule has 2 heterocycles. The number of carbonyl (C=O) groups excluding carboxylic acids is 1. The number of aryl methyl sites for hydroxylation is 1. The molecule has 1 aromatic carbocycles. The summed E-state index contributed by atoms with van der Waals surface area (Å²) in [6.07, 6.45) is 0.482. The highest BCUT2D eigenvalue weighted by molar-refractivity contribution is 8.01. The molecule has 3 rings (SSSR count). The maximum Gasteiger partial charge on any atom is 0.227 e. The zero-order valence-electron chi connectivity index (χ0n) is 13.2. The van der Waals surface area contributed by atoms with Crippen molar-refractivity contribution in [3.05, 3.63) is 36.0 Å². The Morgan fingerprint density at radius 2 is 2.12 bits per heavy atom. The molecule has 130 valence electrons. The first-order chi connectivity index (χ1) is 12.1. The van der Waals surface area contributed by atoms with Gasteiger partial charge in [-0.05, 0) is 30.0 Å². The van der Waals surface area contributed by atoms with Crippen LogP contribution in [0.5, 0.6) is 0 Å². The van der Waals surface area contributed by atoms with Gasteiger partial charge in [0.25, 0.3) is 0 Å². The molecule has 0 radical (unpaired) electrons. The predicted molar refractivity (Wildman–Crippen MR) is 92.9 cm³/mol. The van der Waals surface area contributed by atoms with Gasteiger partial charge < -0.3 is 9.84 Å².